The van der Waals surface area contributed by atoms with Crippen molar-refractivity contribution in [2.75, 3.05) is 55.0 Å². The number of Topliss-reactive ketones (excluding diaryl/α,β-unsaturated/α-hetero) is 1. The van der Waals surface area contributed by atoms with Crippen molar-refractivity contribution in [3.8, 4) is 11.5 Å². The van der Waals surface area contributed by atoms with Gasteiger partial charge in [0, 0.05) is 26.2 Å². The molecule has 0 radical (unpaired) electrons. The molecular weight excluding hydrogens is 522 g/mol. The lowest BCUT2D eigenvalue weighted by atomic mass is 9.95. The van der Waals surface area contributed by atoms with Crippen LogP contribution in [0.1, 0.15) is 23.6 Å². The van der Waals surface area contributed by atoms with E-state index in [0.717, 1.165) is 4.31 Å². The van der Waals surface area contributed by atoms with E-state index in [1.54, 1.807) is 24.3 Å². The number of likely N-dealkylation sites (tertiary alicyclic amines) is 1. The van der Waals surface area contributed by atoms with E-state index >= 15 is 0 Å². The van der Waals surface area contributed by atoms with Crippen molar-refractivity contribution in [2.24, 2.45) is 0 Å². The monoisotopic (exact) mass is 557 g/mol. The Morgan fingerprint density at radius 1 is 1.08 bits per heavy atom. The van der Waals surface area contributed by atoms with E-state index in [9.17, 15) is 23.1 Å². The minimum Gasteiger partial charge on any atom is -0.507 e. The molecule has 0 bridgehead atoms. The fourth-order valence-corrected chi connectivity index (χ4v) is 5.19. The molecule has 2 aromatic carbocycles. The van der Waals surface area contributed by atoms with Gasteiger partial charge in [-0.05, 0) is 69.0 Å². The van der Waals surface area contributed by atoms with Gasteiger partial charge in [-0.1, -0.05) is 18.7 Å². The second-order valence-corrected chi connectivity index (χ2v) is 11.6. The number of carbonyl (C=O) groups excluding carboxylic acids is 2. The van der Waals surface area contributed by atoms with Crippen molar-refractivity contribution in [3.05, 3.63) is 71.8 Å². The highest BCUT2D eigenvalue weighted by Gasteiger charge is 2.46. The van der Waals surface area contributed by atoms with Gasteiger partial charge in [-0.3, -0.25) is 9.59 Å². The van der Waals surface area contributed by atoms with Crippen molar-refractivity contribution in [2.45, 2.75) is 17.4 Å². The zero-order chi connectivity index (χ0) is 28.9. The molecule has 1 fully saturated rings. The summed E-state index contributed by atoms with van der Waals surface area (Å²) in [7, 11) is 4.47. The summed E-state index contributed by atoms with van der Waals surface area (Å²) < 4.78 is 37.1. The number of ether oxygens (including phenoxy) is 2. The fraction of sp³-hybridized carbons (Fsp3) is 0.357. The highest BCUT2D eigenvalue weighted by atomic mass is 32.2. The van der Waals surface area contributed by atoms with Gasteiger partial charge in [-0.25, -0.2) is 12.7 Å². The average Bonchev–Trinajstić information content (AvgIpc) is 3.16. The zero-order valence-electron chi connectivity index (χ0n) is 22.9. The lowest BCUT2D eigenvalue weighted by molar-refractivity contribution is -0.139. The molecular formula is C28H35N3O7S. The topological polar surface area (TPSA) is 117 Å². The summed E-state index contributed by atoms with van der Waals surface area (Å²) in [5, 5.41) is 11.3. The van der Waals surface area contributed by atoms with Gasteiger partial charge >= 0.3 is 0 Å². The number of aliphatic hydroxyl groups excluding tert-OH is 1. The lowest BCUT2D eigenvalue weighted by Crippen LogP contribution is -2.32. The number of nitrogens with zero attached hydrogens (tertiary/aromatic N) is 3. The van der Waals surface area contributed by atoms with Gasteiger partial charge in [0.05, 0.1) is 23.6 Å². The Morgan fingerprint density at radius 2 is 1.74 bits per heavy atom. The number of carbonyl (C=O) groups is 2. The summed E-state index contributed by atoms with van der Waals surface area (Å²) >= 11 is 0. The van der Waals surface area contributed by atoms with Crippen LogP contribution in [0.3, 0.4) is 0 Å². The normalized spacial score (nSPS) is 17.2. The van der Waals surface area contributed by atoms with Crippen molar-refractivity contribution >= 4 is 27.5 Å². The SMILES string of the molecule is C=CCOc1ccc([C@@H]2C(=C(O)c3ccc(S(=O)(=O)N(C)C)cc3)C(=O)C(=O)N2CCCN(C)C)cc1OC. The number of hydrogen-bond acceptors (Lipinski definition) is 8. The van der Waals surface area contributed by atoms with Gasteiger partial charge in [-0.15, -0.1) is 0 Å². The van der Waals surface area contributed by atoms with Gasteiger partial charge in [0.2, 0.25) is 10.0 Å². The highest BCUT2D eigenvalue weighted by molar-refractivity contribution is 7.89. The number of ketones is 1. The predicted molar refractivity (Wildman–Crippen MR) is 148 cm³/mol. The molecule has 0 aromatic heterocycles. The molecule has 0 spiro atoms. The molecule has 39 heavy (non-hydrogen) atoms. The maximum atomic E-state index is 13.3. The summed E-state index contributed by atoms with van der Waals surface area (Å²) in [6.07, 6.45) is 2.20. The van der Waals surface area contributed by atoms with Crippen molar-refractivity contribution < 1.29 is 32.6 Å². The number of sulfonamides is 1. The predicted octanol–water partition coefficient (Wildman–Crippen LogP) is 2.88. The third kappa shape index (κ3) is 6.32. The number of amides is 1. The first-order valence-electron chi connectivity index (χ1n) is 12.3. The van der Waals surface area contributed by atoms with Crippen LogP contribution >= 0.6 is 0 Å². The van der Waals surface area contributed by atoms with E-state index in [-0.39, 0.29) is 29.2 Å². The Labute approximate surface area is 229 Å². The van der Waals surface area contributed by atoms with Crippen LogP contribution in [0.15, 0.2) is 65.6 Å². The molecule has 0 unspecified atom stereocenters. The maximum Gasteiger partial charge on any atom is 0.295 e. The molecule has 1 saturated heterocycles. The van der Waals surface area contributed by atoms with Crippen LogP contribution in [0.4, 0.5) is 0 Å². The average molecular weight is 558 g/mol. The van der Waals surface area contributed by atoms with Crippen LogP contribution < -0.4 is 9.47 Å². The molecule has 0 aliphatic carbocycles. The second-order valence-electron chi connectivity index (χ2n) is 9.47. The van der Waals surface area contributed by atoms with E-state index in [1.807, 2.05) is 19.0 Å². The molecule has 1 amide bonds. The summed E-state index contributed by atoms with van der Waals surface area (Å²) in [6.45, 7) is 4.88. The van der Waals surface area contributed by atoms with Crippen LogP contribution in [0.5, 0.6) is 11.5 Å². The van der Waals surface area contributed by atoms with Crippen LogP contribution in [-0.2, 0) is 19.6 Å². The summed E-state index contributed by atoms with van der Waals surface area (Å²) in [6, 6.07) is 9.70. The molecule has 1 aliphatic rings. The first-order valence-corrected chi connectivity index (χ1v) is 13.8. The molecule has 1 heterocycles. The van der Waals surface area contributed by atoms with Crippen LogP contribution in [0.2, 0.25) is 0 Å². The molecule has 210 valence electrons. The number of aliphatic hydroxyl groups is 1. The third-order valence-corrected chi connectivity index (χ3v) is 8.14. The lowest BCUT2D eigenvalue weighted by Gasteiger charge is -2.26. The summed E-state index contributed by atoms with van der Waals surface area (Å²) in [5.74, 6) is -1.08. The van der Waals surface area contributed by atoms with Crippen LogP contribution in [0, 0.1) is 0 Å². The minimum absolute atomic E-state index is 0.0320. The number of methoxy groups -OCH3 is 1. The summed E-state index contributed by atoms with van der Waals surface area (Å²) in [4.78, 5) is 30.0. The van der Waals surface area contributed by atoms with Crippen LogP contribution in [-0.4, -0.2) is 94.3 Å². The Hall–Kier alpha value is -3.67. The van der Waals surface area contributed by atoms with Crippen molar-refractivity contribution in [3.63, 3.8) is 0 Å². The van der Waals surface area contributed by atoms with E-state index in [1.165, 1.54) is 50.4 Å². The van der Waals surface area contributed by atoms with E-state index in [4.69, 9.17) is 9.47 Å². The van der Waals surface area contributed by atoms with Gasteiger partial charge in [0.1, 0.15) is 12.4 Å². The Balaban J connectivity index is 2.13. The van der Waals surface area contributed by atoms with Crippen LogP contribution in [0.25, 0.3) is 5.76 Å². The van der Waals surface area contributed by atoms with Gasteiger partial charge in [0.15, 0.2) is 11.5 Å². The second kappa shape index (κ2) is 12.5. The van der Waals surface area contributed by atoms with E-state index in [0.29, 0.717) is 30.0 Å². The quantitative estimate of drug-likeness (QED) is 0.183. The van der Waals surface area contributed by atoms with Gasteiger partial charge in [0.25, 0.3) is 11.7 Å². The Bertz CT molecular complexity index is 1370. The number of hydrogen-bond donors (Lipinski definition) is 1. The van der Waals surface area contributed by atoms with Gasteiger partial charge < -0.3 is 24.4 Å². The first kappa shape index (κ1) is 29.9. The van der Waals surface area contributed by atoms with Crippen molar-refractivity contribution in [1.29, 1.82) is 0 Å². The Kier molecular flexibility index (Phi) is 9.54. The molecule has 1 atom stereocenters. The fourth-order valence-electron chi connectivity index (χ4n) is 4.29. The summed E-state index contributed by atoms with van der Waals surface area (Å²) in [5.41, 5.74) is 0.673. The number of benzene rings is 2. The zero-order valence-corrected chi connectivity index (χ0v) is 23.7. The molecule has 2 aromatic rings. The largest absolute Gasteiger partial charge is 0.507 e. The Morgan fingerprint density at radius 3 is 2.31 bits per heavy atom. The van der Waals surface area contributed by atoms with Gasteiger partial charge in [-0.2, -0.15) is 0 Å². The first-order chi connectivity index (χ1) is 18.4. The number of rotatable bonds is 12. The standard InChI is InChI=1S/C28H35N3O7S/c1-7-17-38-22-14-11-20(18-23(22)37-6)25-24(27(33)28(34)31(25)16-8-15-29(2)3)26(32)19-9-12-21(13-10-19)39(35,36)30(4)5/h7,9-14,18,25,32H,1,8,15-17H2,2-6H3/t25-/m1/s1. The molecule has 11 heteroatoms. The maximum absolute atomic E-state index is 13.3. The molecule has 1 N–H and O–H groups in total. The molecule has 10 nitrogen and oxygen atoms in total. The third-order valence-electron chi connectivity index (χ3n) is 6.31. The van der Waals surface area contributed by atoms with E-state index in [2.05, 4.69) is 6.58 Å². The molecule has 0 saturated carbocycles. The molecule has 3 rings (SSSR count). The highest BCUT2D eigenvalue weighted by Crippen LogP contribution is 2.42. The smallest absolute Gasteiger partial charge is 0.295 e. The van der Waals surface area contributed by atoms with Crippen molar-refractivity contribution in [1.82, 2.24) is 14.1 Å². The van der Waals surface area contributed by atoms with E-state index < -0.39 is 33.5 Å². The minimum atomic E-state index is -3.69. The molecule has 1 aliphatic heterocycles.